The fraction of sp³-hybridized carbons (Fsp3) is 0.310. The quantitative estimate of drug-likeness (QED) is 0.253. The van der Waals surface area contributed by atoms with E-state index >= 15 is 0 Å². The highest BCUT2D eigenvalue weighted by molar-refractivity contribution is 7.99. The number of nitrogens with one attached hydrogen (secondary N) is 3. The summed E-state index contributed by atoms with van der Waals surface area (Å²) < 4.78 is 0. The minimum Gasteiger partial charge on any atom is -0.354 e. The third kappa shape index (κ3) is 6.76. The van der Waals surface area contributed by atoms with Crippen molar-refractivity contribution in [2.75, 3.05) is 41.7 Å². The Morgan fingerprint density at radius 3 is 2.46 bits per heavy atom. The summed E-state index contributed by atoms with van der Waals surface area (Å²) in [6.45, 7) is 6.64. The van der Waals surface area contributed by atoms with Crippen LogP contribution in [0.2, 0.25) is 0 Å². The van der Waals surface area contributed by atoms with Gasteiger partial charge in [-0.1, -0.05) is 30.3 Å². The Bertz CT molecular complexity index is 1410. The van der Waals surface area contributed by atoms with Crippen molar-refractivity contribution >= 4 is 40.8 Å². The van der Waals surface area contributed by atoms with Gasteiger partial charge in [0.2, 0.25) is 5.91 Å². The van der Waals surface area contributed by atoms with Gasteiger partial charge in [0.25, 0.3) is 0 Å². The molecule has 200 valence electrons. The number of amides is 1. The molecule has 1 saturated carbocycles. The molecule has 6 rings (SSSR count). The number of aryl methyl sites for hydroxylation is 1. The molecule has 0 radical (unpaired) electrons. The highest BCUT2D eigenvalue weighted by Gasteiger charge is 2.29. The highest BCUT2D eigenvalue weighted by Crippen LogP contribution is 2.32. The first kappa shape index (κ1) is 25.4. The van der Waals surface area contributed by atoms with Crippen molar-refractivity contribution in [2.45, 2.75) is 36.4 Å². The van der Waals surface area contributed by atoms with Gasteiger partial charge < -0.3 is 15.5 Å². The number of carbonyl (C=O) groups is 1. The van der Waals surface area contributed by atoms with E-state index in [0.717, 1.165) is 73.5 Å². The minimum atomic E-state index is 0.111. The first-order valence-corrected chi connectivity index (χ1v) is 14.2. The van der Waals surface area contributed by atoms with Gasteiger partial charge in [-0.3, -0.25) is 14.8 Å². The Morgan fingerprint density at radius 2 is 1.77 bits per heavy atom. The molecule has 1 aliphatic carbocycles. The van der Waals surface area contributed by atoms with Gasteiger partial charge in [-0.2, -0.15) is 5.10 Å². The molecular weight excluding hydrogens is 508 g/mol. The molecule has 2 aliphatic rings. The molecule has 2 fully saturated rings. The number of carbonyl (C=O) groups excluding carboxylic acids is 1. The number of rotatable bonds is 9. The Balaban J connectivity index is 1.16. The number of aromatic amines is 1. The van der Waals surface area contributed by atoms with Crippen LogP contribution in [-0.4, -0.2) is 57.2 Å². The lowest BCUT2D eigenvalue weighted by molar-refractivity contribution is -0.117. The third-order valence-electron chi connectivity index (χ3n) is 6.89. The molecule has 1 saturated heterocycles. The monoisotopic (exact) mass is 540 g/mol. The summed E-state index contributed by atoms with van der Waals surface area (Å²) in [4.78, 5) is 27.6. The molecule has 3 heterocycles. The zero-order valence-electron chi connectivity index (χ0n) is 21.9. The molecule has 0 atom stereocenters. The largest absolute Gasteiger partial charge is 0.354 e. The summed E-state index contributed by atoms with van der Waals surface area (Å²) in [5.74, 6) is 2.70. The number of aromatic nitrogens is 4. The summed E-state index contributed by atoms with van der Waals surface area (Å²) in [5.41, 5.74) is 3.06. The predicted octanol–water partition coefficient (Wildman–Crippen LogP) is 5.07. The number of piperazine rings is 1. The number of anilines is 4. The zero-order valence-corrected chi connectivity index (χ0v) is 22.7. The number of hydrogen-bond acceptors (Lipinski definition) is 8. The maximum absolute atomic E-state index is 12.1. The summed E-state index contributed by atoms with van der Waals surface area (Å²) in [6.07, 6.45) is 1.98. The molecule has 3 N–H and O–H groups in total. The van der Waals surface area contributed by atoms with Gasteiger partial charge in [0.15, 0.2) is 5.16 Å². The van der Waals surface area contributed by atoms with Crippen molar-refractivity contribution in [3.63, 3.8) is 0 Å². The summed E-state index contributed by atoms with van der Waals surface area (Å²) in [5, 5.41) is 14.2. The normalized spacial score (nSPS) is 15.8. The first-order chi connectivity index (χ1) is 19.1. The number of nitrogens with zero attached hydrogens (tertiary/aromatic N) is 5. The van der Waals surface area contributed by atoms with Crippen LogP contribution in [0.3, 0.4) is 0 Å². The second-order valence-electron chi connectivity index (χ2n) is 10.1. The van der Waals surface area contributed by atoms with E-state index < -0.39 is 0 Å². The molecule has 0 bridgehead atoms. The van der Waals surface area contributed by atoms with Crippen molar-refractivity contribution in [1.29, 1.82) is 0 Å². The molecule has 4 aromatic rings. The number of hydrogen-bond donors (Lipinski definition) is 3. The van der Waals surface area contributed by atoms with Gasteiger partial charge in [-0.05, 0) is 61.4 Å². The Hall–Kier alpha value is -3.89. The third-order valence-corrected chi connectivity index (χ3v) is 7.76. The van der Waals surface area contributed by atoms with Crippen molar-refractivity contribution in [3.05, 3.63) is 78.0 Å². The molecular formula is C29H32N8OS. The molecule has 1 aliphatic heterocycles. The van der Waals surface area contributed by atoms with Crippen molar-refractivity contribution in [3.8, 4) is 0 Å². The second kappa shape index (κ2) is 11.5. The summed E-state index contributed by atoms with van der Waals surface area (Å²) >= 11 is 1.51. The first-order valence-electron chi connectivity index (χ1n) is 13.4. The van der Waals surface area contributed by atoms with E-state index in [1.165, 1.54) is 17.3 Å². The SMILES string of the molecule is Cc1cc(Nc2cc(N3CCN(Cc4ccccc4)CC3)nc(Sc3ccc(NC(=O)C4CC4)cc3)n2)[nH]n1. The van der Waals surface area contributed by atoms with Crippen LogP contribution in [0.15, 0.2) is 76.8 Å². The predicted molar refractivity (Wildman–Crippen MR) is 154 cm³/mol. The smallest absolute Gasteiger partial charge is 0.227 e. The molecule has 1 amide bonds. The van der Waals surface area contributed by atoms with Gasteiger partial charge in [0, 0.05) is 61.4 Å². The maximum atomic E-state index is 12.1. The standard InChI is InChI=1S/C29H32N8OS/c1-20-17-26(35-34-20)31-25-18-27(37-15-13-36(14-16-37)19-21-5-3-2-4-6-21)33-29(32-25)39-24-11-9-23(10-12-24)30-28(38)22-7-8-22/h2-6,9-12,17-18,22H,7-8,13-16,19H2,1H3,(H,30,38)(H2,31,32,33,34,35). The molecule has 2 aromatic heterocycles. The lowest BCUT2D eigenvalue weighted by Crippen LogP contribution is -2.46. The molecule has 0 unspecified atom stereocenters. The van der Waals surface area contributed by atoms with Gasteiger partial charge >= 0.3 is 0 Å². The van der Waals surface area contributed by atoms with E-state index in [-0.39, 0.29) is 11.8 Å². The van der Waals surface area contributed by atoms with E-state index in [4.69, 9.17) is 9.97 Å². The lowest BCUT2D eigenvalue weighted by Gasteiger charge is -2.35. The number of benzene rings is 2. The van der Waals surface area contributed by atoms with Crippen LogP contribution in [0.1, 0.15) is 24.1 Å². The van der Waals surface area contributed by atoms with Crippen LogP contribution in [0, 0.1) is 12.8 Å². The zero-order chi connectivity index (χ0) is 26.6. The fourth-order valence-corrected chi connectivity index (χ4v) is 5.35. The van der Waals surface area contributed by atoms with Gasteiger partial charge in [0.1, 0.15) is 17.5 Å². The Morgan fingerprint density at radius 1 is 1.00 bits per heavy atom. The van der Waals surface area contributed by atoms with Gasteiger partial charge in [0.05, 0.1) is 5.69 Å². The van der Waals surface area contributed by atoms with Crippen LogP contribution < -0.4 is 15.5 Å². The summed E-state index contributed by atoms with van der Waals surface area (Å²) in [6, 6.07) is 22.4. The Kier molecular flexibility index (Phi) is 7.46. The average Bonchev–Trinajstić information content (AvgIpc) is 3.73. The van der Waals surface area contributed by atoms with Crippen molar-refractivity contribution in [1.82, 2.24) is 25.1 Å². The van der Waals surface area contributed by atoms with Crippen LogP contribution in [0.5, 0.6) is 0 Å². The highest BCUT2D eigenvalue weighted by atomic mass is 32.2. The van der Waals surface area contributed by atoms with Gasteiger partial charge in [-0.25, -0.2) is 9.97 Å². The van der Waals surface area contributed by atoms with E-state index in [2.05, 4.69) is 61.0 Å². The molecule has 9 nitrogen and oxygen atoms in total. The minimum absolute atomic E-state index is 0.111. The average molecular weight is 541 g/mol. The fourth-order valence-electron chi connectivity index (χ4n) is 4.59. The molecule has 0 spiro atoms. The molecule has 2 aromatic carbocycles. The van der Waals surface area contributed by atoms with E-state index in [1.54, 1.807) is 0 Å². The topological polar surface area (TPSA) is 102 Å². The van der Waals surface area contributed by atoms with Crippen LogP contribution in [-0.2, 0) is 11.3 Å². The van der Waals surface area contributed by atoms with Crippen LogP contribution in [0.4, 0.5) is 23.1 Å². The second-order valence-corrected chi connectivity index (χ2v) is 11.1. The van der Waals surface area contributed by atoms with Crippen molar-refractivity contribution < 1.29 is 4.79 Å². The molecule has 39 heavy (non-hydrogen) atoms. The lowest BCUT2D eigenvalue weighted by atomic mass is 10.2. The van der Waals surface area contributed by atoms with E-state index in [9.17, 15) is 4.79 Å². The molecule has 10 heteroatoms. The summed E-state index contributed by atoms with van der Waals surface area (Å²) in [7, 11) is 0. The number of H-pyrrole nitrogens is 1. The van der Waals surface area contributed by atoms with Crippen LogP contribution >= 0.6 is 11.8 Å². The van der Waals surface area contributed by atoms with Crippen LogP contribution in [0.25, 0.3) is 0 Å². The Labute approximate surface area is 232 Å². The van der Waals surface area contributed by atoms with E-state index in [0.29, 0.717) is 11.0 Å². The maximum Gasteiger partial charge on any atom is 0.227 e. The van der Waals surface area contributed by atoms with Gasteiger partial charge in [-0.15, -0.1) is 0 Å². The van der Waals surface area contributed by atoms with E-state index in [1.807, 2.05) is 43.3 Å². The van der Waals surface area contributed by atoms with Crippen molar-refractivity contribution in [2.24, 2.45) is 5.92 Å².